The number of aryl methyl sites for hydroxylation is 1. The van der Waals surface area contributed by atoms with Crippen LogP contribution in [0, 0.1) is 6.92 Å². The molecule has 2 aromatic carbocycles. The Hall–Kier alpha value is -3.07. The van der Waals surface area contributed by atoms with Gasteiger partial charge in [-0.05, 0) is 43.7 Å². The highest BCUT2D eigenvalue weighted by atomic mass is 32.2. The number of carbonyl (C=O) groups excluding carboxylic acids is 2. The van der Waals surface area contributed by atoms with Gasteiger partial charge >= 0.3 is 5.97 Å². The van der Waals surface area contributed by atoms with E-state index < -0.39 is 28.0 Å². The van der Waals surface area contributed by atoms with Gasteiger partial charge in [-0.25, -0.2) is 13.2 Å². The maximum atomic E-state index is 12.9. The van der Waals surface area contributed by atoms with E-state index in [1.807, 2.05) is 0 Å². The molecule has 160 valence electrons. The van der Waals surface area contributed by atoms with Crippen molar-refractivity contribution in [3.05, 3.63) is 53.6 Å². The van der Waals surface area contributed by atoms with E-state index in [2.05, 4.69) is 5.32 Å². The molecule has 0 aliphatic carbocycles. The van der Waals surface area contributed by atoms with Gasteiger partial charge in [0.25, 0.3) is 5.91 Å². The summed E-state index contributed by atoms with van der Waals surface area (Å²) >= 11 is 0. The zero-order valence-corrected chi connectivity index (χ0v) is 17.9. The van der Waals surface area contributed by atoms with Crippen molar-refractivity contribution in [1.29, 1.82) is 0 Å². The number of nitrogens with zero attached hydrogens (tertiary/aromatic N) is 1. The minimum Gasteiger partial charge on any atom is -0.478 e. The molecule has 0 aromatic heterocycles. The predicted octanol–water partition coefficient (Wildman–Crippen LogP) is 2.73. The second kappa shape index (κ2) is 8.74. The summed E-state index contributed by atoms with van der Waals surface area (Å²) in [5, 5.41) is 2.79. The number of para-hydroxylation sites is 2. The number of nitrogens with one attached hydrogen (secondary N) is 1. The third-order valence-corrected chi connectivity index (χ3v) is 5.88. The molecule has 0 fully saturated rings. The number of hydrogen-bond acceptors (Lipinski definition) is 6. The predicted molar refractivity (Wildman–Crippen MR) is 113 cm³/mol. The molecule has 1 unspecified atom stereocenters. The van der Waals surface area contributed by atoms with E-state index in [1.54, 1.807) is 56.3 Å². The van der Waals surface area contributed by atoms with Crippen molar-refractivity contribution < 1.29 is 27.5 Å². The molecule has 0 radical (unpaired) electrons. The number of esters is 1. The molecule has 8 nitrogen and oxygen atoms in total. The third-order valence-electron chi connectivity index (χ3n) is 4.70. The first-order valence-corrected chi connectivity index (χ1v) is 11.4. The second-order valence-corrected chi connectivity index (χ2v) is 8.84. The second-order valence-electron chi connectivity index (χ2n) is 6.94. The van der Waals surface area contributed by atoms with Crippen LogP contribution in [-0.2, 0) is 19.6 Å². The van der Waals surface area contributed by atoms with Gasteiger partial charge in [0.05, 0.1) is 24.1 Å². The van der Waals surface area contributed by atoms with Crippen molar-refractivity contribution in [1.82, 2.24) is 0 Å². The van der Waals surface area contributed by atoms with E-state index in [0.29, 0.717) is 22.7 Å². The van der Waals surface area contributed by atoms with Gasteiger partial charge in [0, 0.05) is 18.7 Å². The minimum absolute atomic E-state index is 0.107. The molecule has 1 aliphatic rings. The summed E-state index contributed by atoms with van der Waals surface area (Å²) in [5.41, 5.74) is 1.96. The van der Waals surface area contributed by atoms with Crippen LogP contribution in [0.2, 0.25) is 0 Å². The van der Waals surface area contributed by atoms with E-state index in [-0.39, 0.29) is 19.6 Å². The van der Waals surface area contributed by atoms with Crippen LogP contribution in [0.25, 0.3) is 0 Å². The summed E-state index contributed by atoms with van der Waals surface area (Å²) in [6, 6.07) is 11.6. The number of sulfonamides is 1. The lowest BCUT2D eigenvalue weighted by Gasteiger charge is -2.20. The van der Waals surface area contributed by atoms with Crippen molar-refractivity contribution in [3.8, 4) is 5.75 Å². The molecule has 9 heteroatoms. The molecule has 2 aromatic rings. The van der Waals surface area contributed by atoms with Gasteiger partial charge in [-0.15, -0.1) is 0 Å². The van der Waals surface area contributed by atoms with Crippen LogP contribution >= 0.6 is 0 Å². The van der Waals surface area contributed by atoms with E-state index in [0.717, 1.165) is 11.8 Å². The maximum absolute atomic E-state index is 12.9. The first-order chi connectivity index (χ1) is 14.2. The monoisotopic (exact) mass is 432 g/mol. The average molecular weight is 432 g/mol. The molecule has 0 saturated heterocycles. The number of hydrogen-bond donors (Lipinski definition) is 1. The number of carbonyl (C=O) groups is 2. The zero-order chi connectivity index (χ0) is 21.9. The van der Waals surface area contributed by atoms with Gasteiger partial charge in [0.1, 0.15) is 5.75 Å². The van der Waals surface area contributed by atoms with Crippen molar-refractivity contribution in [2.45, 2.75) is 26.4 Å². The SMILES string of the molecule is CCOC(=O)c1ccc(C)c(NC(=O)C2CCN(S(C)(=O)=O)c3ccccc3O2)c1. The highest BCUT2D eigenvalue weighted by molar-refractivity contribution is 7.92. The maximum Gasteiger partial charge on any atom is 0.338 e. The van der Waals surface area contributed by atoms with Gasteiger partial charge in [-0.3, -0.25) is 9.10 Å². The molecular formula is C21H24N2O6S. The van der Waals surface area contributed by atoms with Crippen LogP contribution < -0.4 is 14.4 Å². The fourth-order valence-electron chi connectivity index (χ4n) is 3.17. The molecule has 30 heavy (non-hydrogen) atoms. The molecule has 0 spiro atoms. The van der Waals surface area contributed by atoms with Crippen molar-refractivity contribution >= 4 is 33.3 Å². The molecule has 1 amide bonds. The van der Waals surface area contributed by atoms with Crippen LogP contribution in [0.1, 0.15) is 29.3 Å². The first kappa shape index (κ1) is 21.6. The average Bonchev–Trinajstić information content (AvgIpc) is 2.89. The summed E-state index contributed by atoms with van der Waals surface area (Å²) in [6.45, 7) is 3.88. The Morgan fingerprint density at radius 3 is 2.67 bits per heavy atom. The third kappa shape index (κ3) is 4.73. The quantitative estimate of drug-likeness (QED) is 0.729. The Labute approximate surface area is 175 Å². The van der Waals surface area contributed by atoms with Crippen LogP contribution in [0.3, 0.4) is 0 Å². The van der Waals surface area contributed by atoms with Crippen LogP contribution in [0.4, 0.5) is 11.4 Å². The normalized spacial score (nSPS) is 16.1. The topological polar surface area (TPSA) is 102 Å². The smallest absolute Gasteiger partial charge is 0.338 e. The van der Waals surface area contributed by atoms with Gasteiger partial charge in [0.2, 0.25) is 10.0 Å². The van der Waals surface area contributed by atoms with Gasteiger partial charge in [0.15, 0.2) is 6.10 Å². The van der Waals surface area contributed by atoms with Crippen molar-refractivity contribution in [3.63, 3.8) is 0 Å². The lowest BCUT2D eigenvalue weighted by molar-refractivity contribution is -0.122. The minimum atomic E-state index is -3.53. The molecule has 3 rings (SSSR count). The number of amides is 1. The molecule has 1 heterocycles. The summed E-state index contributed by atoms with van der Waals surface area (Å²) in [6.07, 6.45) is 0.391. The van der Waals surface area contributed by atoms with Crippen molar-refractivity contribution in [2.24, 2.45) is 0 Å². The Balaban J connectivity index is 1.83. The number of ether oxygens (including phenoxy) is 2. The standard InChI is InChI=1S/C21H24N2O6S/c1-4-28-21(25)15-10-9-14(2)16(13-15)22-20(24)19-11-12-23(30(3,26)27)17-7-5-6-8-18(17)29-19/h5-10,13,19H,4,11-12H2,1-3H3,(H,22,24). The van der Waals surface area contributed by atoms with E-state index in [1.165, 1.54) is 4.31 Å². The van der Waals surface area contributed by atoms with Crippen molar-refractivity contribution in [2.75, 3.05) is 29.0 Å². The molecule has 1 aliphatic heterocycles. The Bertz CT molecular complexity index is 1070. The number of anilines is 2. The van der Waals surface area contributed by atoms with E-state index >= 15 is 0 Å². The molecule has 0 saturated carbocycles. The van der Waals surface area contributed by atoms with Crippen LogP contribution in [0.15, 0.2) is 42.5 Å². The van der Waals surface area contributed by atoms with Gasteiger partial charge in [-0.1, -0.05) is 18.2 Å². The highest BCUT2D eigenvalue weighted by Crippen LogP contribution is 2.34. The summed E-state index contributed by atoms with van der Waals surface area (Å²) in [5.74, 6) is -0.585. The summed E-state index contributed by atoms with van der Waals surface area (Å²) in [4.78, 5) is 24.9. The van der Waals surface area contributed by atoms with E-state index in [9.17, 15) is 18.0 Å². The Morgan fingerprint density at radius 1 is 1.23 bits per heavy atom. The molecule has 1 atom stereocenters. The number of benzene rings is 2. The Morgan fingerprint density at radius 2 is 1.97 bits per heavy atom. The Kier molecular flexibility index (Phi) is 6.31. The zero-order valence-electron chi connectivity index (χ0n) is 17.0. The summed E-state index contributed by atoms with van der Waals surface area (Å²) < 4.78 is 36.5. The lowest BCUT2D eigenvalue weighted by atomic mass is 10.1. The van der Waals surface area contributed by atoms with Gasteiger partial charge < -0.3 is 14.8 Å². The van der Waals surface area contributed by atoms with Gasteiger partial charge in [-0.2, -0.15) is 0 Å². The lowest BCUT2D eigenvalue weighted by Crippen LogP contribution is -2.36. The first-order valence-electron chi connectivity index (χ1n) is 9.52. The highest BCUT2D eigenvalue weighted by Gasteiger charge is 2.31. The number of rotatable bonds is 5. The van der Waals surface area contributed by atoms with Crippen LogP contribution in [-0.4, -0.2) is 45.8 Å². The fourth-order valence-corrected chi connectivity index (χ4v) is 4.12. The molecule has 1 N–H and O–H groups in total. The molecular weight excluding hydrogens is 408 g/mol. The number of fused-ring (bicyclic) bond motifs is 1. The van der Waals surface area contributed by atoms with Crippen LogP contribution in [0.5, 0.6) is 5.75 Å². The summed E-state index contributed by atoms with van der Waals surface area (Å²) in [7, 11) is -3.53. The van der Waals surface area contributed by atoms with E-state index in [4.69, 9.17) is 9.47 Å². The largest absolute Gasteiger partial charge is 0.478 e. The fraction of sp³-hybridized carbons (Fsp3) is 0.333. The molecule has 0 bridgehead atoms.